The van der Waals surface area contributed by atoms with Crippen molar-refractivity contribution in [3.63, 3.8) is 0 Å². The van der Waals surface area contributed by atoms with Gasteiger partial charge in [-0.1, -0.05) is 83.7 Å². The molecule has 3 atom stereocenters. The van der Waals surface area contributed by atoms with E-state index in [1.165, 1.54) is 55.2 Å². The van der Waals surface area contributed by atoms with Gasteiger partial charge in [-0.25, -0.2) is 4.39 Å². The first-order chi connectivity index (χ1) is 16.8. The van der Waals surface area contributed by atoms with Crippen molar-refractivity contribution in [2.24, 2.45) is 11.8 Å². The molecule has 0 radical (unpaired) electrons. The summed E-state index contributed by atoms with van der Waals surface area (Å²) in [5, 5.41) is -0.0786. The van der Waals surface area contributed by atoms with Crippen LogP contribution in [0.2, 0.25) is 0 Å². The molecule has 2 aromatic carbocycles. The van der Waals surface area contributed by atoms with Crippen molar-refractivity contribution >= 4 is 7.49 Å². The quantitative estimate of drug-likeness (QED) is 0.184. The van der Waals surface area contributed by atoms with E-state index in [-0.39, 0.29) is 32.7 Å². The predicted octanol–water partition coefficient (Wildman–Crippen LogP) is 9.71. The summed E-state index contributed by atoms with van der Waals surface area (Å²) >= 11 is 0. The fraction of sp³-hybridized carbons (Fsp3) is 0.625. The van der Waals surface area contributed by atoms with E-state index in [9.17, 15) is 9.28 Å². The fourth-order valence-electron chi connectivity index (χ4n) is 6.26. The zero-order valence-electron chi connectivity index (χ0n) is 23.5. The molecule has 1 N–H and O–H groups in total. The molecule has 36 heavy (non-hydrogen) atoms. The zero-order valence-corrected chi connectivity index (χ0v) is 25.9. The molecule has 0 fully saturated rings. The van der Waals surface area contributed by atoms with Crippen LogP contribution in [-0.4, -0.2) is 22.4 Å². The molecule has 3 rings (SSSR count). The van der Waals surface area contributed by atoms with Crippen LogP contribution in [0.15, 0.2) is 42.5 Å². The fourth-order valence-corrected chi connectivity index (χ4v) is 10.8. The van der Waals surface area contributed by atoms with Crippen LogP contribution in [0.4, 0.5) is 4.39 Å². The van der Waals surface area contributed by atoms with E-state index < -0.39 is 7.49 Å². The van der Waals surface area contributed by atoms with Gasteiger partial charge in [0, 0.05) is 34.6 Å². The van der Waals surface area contributed by atoms with Crippen molar-refractivity contribution in [2.45, 2.75) is 104 Å². The van der Waals surface area contributed by atoms with E-state index in [2.05, 4.69) is 52.8 Å². The van der Waals surface area contributed by atoms with Crippen molar-refractivity contribution in [2.75, 3.05) is 12.3 Å². The van der Waals surface area contributed by atoms with Crippen LogP contribution in [0.1, 0.15) is 97.1 Å². The summed E-state index contributed by atoms with van der Waals surface area (Å²) in [5.74, 6) is 1.05. The van der Waals surface area contributed by atoms with Gasteiger partial charge in [0.2, 0.25) is 0 Å². The van der Waals surface area contributed by atoms with Gasteiger partial charge >= 0.3 is 0 Å². The second kappa shape index (κ2) is 14.6. The third kappa shape index (κ3) is 7.53. The maximum atomic E-state index is 13.6. The predicted molar refractivity (Wildman–Crippen MR) is 153 cm³/mol. The minimum atomic E-state index is -2.22. The number of hydrogen-bond acceptors (Lipinski definition) is 1. The minimum Gasteiger partial charge on any atom is -0.251 e. The van der Waals surface area contributed by atoms with Crippen LogP contribution >= 0.6 is 7.49 Å². The Hall–Kier alpha value is -0.526. The van der Waals surface area contributed by atoms with Crippen molar-refractivity contribution in [1.82, 2.24) is 0 Å². The van der Waals surface area contributed by atoms with Gasteiger partial charge in [-0.05, 0) is 78.8 Å². The Bertz CT molecular complexity index is 912. The molecule has 1 aliphatic carbocycles. The molecular formula is C32H49FOPTi+. The second-order valence-corrected chi connectivity index (χ2v) is 15.1. The Kier molecular flexibility index (Phi) is 12.8. The standard InChI is InChI=1S/C32H49FOP.Ti/c1-6-10-13-25(8-3)23-35(34,24-26(9-4)14-11-7-2)32(5)21-28-15-12-16-30(31(28)22-32)27-17-19-29(33)20-18-27;/h12,15-20,25-26,34H,6-11,13-14,21-24H2,1-5H3;/q+1;. The van der Waals surface area contributed by atoms with Crippen molar-refractivity contribution in [1.29, 1.82) is 0 Å². The summed E-state index contributed by atoms with van der Waals surface area (Å²) in [5.41, 5.74) is 5.06. The maximum absolute atomic E-state index is 13.6. The van der Waals surface area contributed by atoms with E-state index in [0.29, 0.717) is 11.8 Å². The van der Waals surface area contributed by atoms with Gasteiger partial charge in [0.1, 0.15) is 18.5 Å². The zero-order chi connectivity index (χ0) is 25.5. The molecule has 0 aromatic heterocycles. The molecule has 4 heteroatoms. The number of fused-ring (bicyclic) bond motifs is 1. The molecule has 0 amide bonds. The van der Waals surface area contributed by atoms with Crippen LogP contribution in [0.25, 0.3) is 11.1 Å². The SMILES string of the molecule is CCCCC(CC)C[P+](O)(CC(CC)CCCC)C1(C)Cc2cccc(-c3ccc(F)cc3)c2C1.[Ti]. The first kappa shape index (κ1) is 31.7. The number of halogens is 1. The van der Waals surface area contributed by atoms with Crippen LogP contribution < -0.4 is 0 Å². The molecule has 3 unspecified atom stereocenters. The van der Waals surface area contributed by atoms with Crippen molar-refractivity contribution in [3.8, 4) is 11.1 Å². The minimum absolute atomic E-state index is 0. The molecule has 0 bridgehead atoms. The summed E-state index contributed by atoms with van der Waals surface area (Å²) < 4.78 is 13.6. The largest absolute Gasteiger partial charge is 0.251 e. The topological polar surface area (TPSA) is 20.2 Å². The molecular weight excluding hydrogens is 498 g/mol. The molecule has 1 aliphatic rings. The summed E-state index contributed by atoms with van der Waals surface area (Å²) in [6.45, 7) is 11.6. The summed E-state index contributed by atoms with van der Waals surface area (Å²) in [4.78, 5) is 12.8. The third-order valence-electron chi connectivity index (χ3n) is 8.77. The third-order valence-corrected chi connectivity index (χ3v) is 13.3. The second-order valence-electron chi connectivity index (χ2n) is 11.4. The molecule has 0 saturated heterocycles. The Balaban J connectivity index is 0.00000456. The monoisotopic (exact) mass is 547 g/mol. The van der Waals surface area contributed by atoms with Gasteiger partial charge in [-0.3, -0.25) is 4.89 Å². The molecule has 0 saturated carbocycles. The van der Waals surface area contributed by atoms with Crippen LogP contribution in [0.5, 0.6) is 0 Å². The first-order valence-corrected chi connectivity index (χ1v) is 16.4. The number of benzene rings is 2. The molecule has 0 spiro atoms. The van der Waals surface area contributed by atoms with Crippen molar-refractivity contribution in [3.05, 3.63) is 59.4 Å². The van der Waals surface area contributed by atoms with E-state index in [1.807, 2.05) is 12.1 Å². The van der Waals surface area contributed by atoms with Crippen LogP contribution in [0, 0.1) is 17.7 Å². The van der Waals surface area contributed by atoms with Gasteiger partial charge in [0.05, 0.1) is 12.3 Å². The number of rotatable bonds is 14. The van der Waals surface area contributed by atoms with E-state index in [0.717, 1.165) is 43.6 Å². The molecule has 0 heterocycles. The van der Waals surface area contributed by atoms with Gasteiger partial charge in [0.25, 0.3) is 0 Å². The summed E-state index contributed by atoms with van der Waals surface area (Å²) in [6.07, 6.45) is 13.7. The summed E-state index contributed by atoms with van der Waals surface area (Å²) in [6, 6.07) is 13.5. The maximum Gasteiger partial charge on any atom is 0.148 e. The molecule has 2 aromatic rings. The Labute approximate surface area is 236 Å². The van der Waals surface area contributed by atoms with Gasteiger partial charge in [-0.2, -0.15) is 0 Å². The average Bonchev–Trinajstić information content (AvgIpc) is 3.23. The van der Waals surface area contributed by atoms with Crippen LogP contribution in [-0.2, 0) is 34.6 Å². The van der Waals surface area contributed by atoms with Gasteiger partial charge in [0.15, 0.2) is 0 Å². The normalized spacial score (nSPS) is 20.3. The molecule has 1 nitrogen and oxygen atoms in total. The van der Waals surface area contributed by atoms with E-state index in [4.69, 9.17) is 0 Å². The van der Waals surface area contributed by atoms with Gasteiger partial charge in [-0.15, -0.1) is 0 Å². The smallest absolute Gasteiger partial charge is 0.148 e. The van der Waals surface area contributed by atoms with Crippen molar-refractivity contribution < 1.29 is 31.0 Å². The average molecular weight is 548 g/mol. The van der Waals surface area contributed by atoms with E-state index >= 15 is 0 Å². The van der Waals surface area contributed by atoms with E-state index in [1.54, 1.807) is 12.1 Å². The summed E-state index contributed by atoms with van der Waals surface area (Å²) in [7, 11) is -2.22. The number of hydrogen-bond donors (Lipinski definition) is 1. The molecule has 198 valence electrons. The first-order valence-electron chi connectivity index (χ1n) is 14.3. The Morgan fingerprint density at radius 2 is 1.42 bits per heavy atom. The number of unbranched alkanes of at least 4 members (excludes halogenated alkanes) is 2. The Morgan fingerprint density at radius 3 is 1.92 bits per heavy atom. The Morgan fingerprint density at radius 1 is 0.861 bits per heavy atom. The molecule has 0 aliphatic heterocycles. The van der Waals surface area contributed by atoms with Crippen LogP contribution in [0.3, 0.4) is 0 Å². The van der Waals surface area contributed by atoms with Gasteiger partial charge < -0.3 is 0 Å².